The Hall–Kier alpha value is -6.01. The number of primary amides is 1. The molecule has 5 N–H and O–H groups in total. The number of nitrogens with zero attached hydrogens (tertiary/aromatic N) is 3. The van der Waals surface area contributed by atoms with Crippen molar-refractivity contribution in [3.05, 3.63) is 99.8 Å². The fraction of sp³-hybridized carbons (Fsp3) is 0.333. The van der Waals surface area contributed by atoms with Gasteiger partial charge >= 0.3 is 0 Å². The fourth-order valence-electron chi connectivity index (χ4n) is 7.18. The summed E-state index contributed by atoms with van der Waals surface area (Å²) in [4.78, 5) is 31.2. The molecule has 0 aliphatic carbocycles. The van der Waals surface area contributed by atoms with E-state index >= 15 is 4.39 Å². The Labute approximate surface area is 323 Å². The van der Waals surface area contributed by atoms with Crippen LogP contribution in [0.15, 0.2) is 77.4 Å². The number of aromatic nitrogens is 2. The summed E-state index contributed by atoms with van der Waals surface area (Å²) in [7, 11) is 1.55. The van der Waals surface area contributed by atoms with Crippen LogP contribution in [0.1, 0.15) is 35.7 Å². The maximum Gasteiger partial charge on any atom is 0.254 e. The molecule has 0 bridgehead atoms. The highest BCUT2D eigenvalue weighted by molar-refractivity contribution is 5.95. The molecule has 14 heteroatoms. The monoisotopic (exact) mass is 762 g/mol. The van der Waals surface area contributed by atoms with E-state index in [1.807, 2.05) is 19.1 Å². The molecule has 290 valence electrons. The van der Waals surface area contributed by atoms with Crippen molar-refractivity contribution in [1.82, 2.24) is 14.9 Å². The summed E-state index contributed by atoms with van der Waals surface area (Å²) in [5.41, 5.74) is 14.6. The van der Waals surface area contributed by atoms with Crippen molar-refractivity contribution in [2.75, 3.05) is 59.0 Å². The zero-order valence-electron chi connectivity index (χ0n) is 31.2. The van der Waals surface area contributed by atoms with Crippen LogP contribution < -0.4 is 31.7 Å². The predicted octanol–water partition coefficient (Wildman–Crippen LogP) is 5.08. The van der Waals surface area contributed by atoms with E-state index in [1.54, 1.807) is 54.3 Å². The minimum Gasteiger partial charge on any atom is -0.493 e. The summed E-state index contributed by atoms with van der Waals surface area (Å²) >= 11 is 0. The van der Waals surface area contributed by atoms with Crippen molar-refractivity contribution < 1.29 is 32.9 Å². The summed E-state index contributed by atoms with van der Waals surface area (Å²) in [6.07, 6.45) is 7.28. The van der Waals surface area contributed by atoms with Gasteiger partial charge in [-0.3, -0.25) is 9.59 Å². The number of anilines is 1. The van der Waals surface area contributed by atoms with Crippen molar-refractivity contribution in [2.45, 2.75) is 32.4 Å². The number of allylic oxidation sites excluding steroid dienone is 2. The number of pyridine rings is 2. The van der Waals surface area contributed by atoms with Crippen molar-refractivity contribution in [3.8, 4) is 51.1 Å². The first-order chi connectivity index (χ1) is 27.1. The van der Waals surface area contributed by atoms with E-state index in [-0.39, 0.29) is 35.2 Å². The summed E-state index contributed by atoms with van der Waals surface area (Å²) in [6.45, 7) is 5.07. The number of amides is 1. The quantitative estimate of drug-likeness (QED) is 0.185. The molecule has 0 saturated carbocycles. The van der Waals surface area contributed by atoms with E-state index in [4.69, 9.17) is 35.2 Å². The van der Waals surface area contributed by atoms with Crippen LogP contribution in [0.5, 0.6) is 11.5 Å². The molecule has 2 aromatic carbocycles. The number of nitrogen functional groups attached to an aromatic ring is 1. The molecule has 3 aliphatic rings. The third-order valence-corrected chi connectivity index (χ3v) is 10.3. The number of carbonyl (C=O) groups is 1. The third kappa shape index (κ3) is 7.88. The largest absolute Gasteiger partial charge is 0.493 e. The van der Waals surface area contributed by atoms with Gasteiger partial charge in [-0.1, -0.05) is 29.8 Å². The van der Waals surface area contributed by atoms with E-state index < -0.39 is 22.6 Å². The van der Waals surface area contributed by atoms with Gasteiger partial charge in [-0.25, -0.2) is 9.37 Å². The fourth-order valence-corrected chi connectivity index (χ4v) is 7.18. The lowest BCUT2D eigenvalue weighted by Gasteiger charge is -2.33. The number of benzene rings is 2. The molecule has 5 heterocycles. The first kappa shape index (κ1) is 38.3. The van der Waals surface area contributed by atoms with E-state index in [1.165, 1.54) is 12.3 Å². The summed E-state index contributed by atoms with van der Waals surface area (Å²) < 4.78 is 46.6. The lowest BCUT2D eigenvalue weighted by atomic mass is 9.81. The minimum atomic E-state index is -0.911. The molecule has 3 aliphatic heterocycles. The highest BCUT2D eigenvalue weighted by Crippen LogP contribution is 2.39. The number of dihydropyridines is 1. The van der Waals surface area contributed by atoms with Gasteiger partial charge in [-0.15, -0.1) is 0 Å². The number of halogens is 1. The average Bonchev–Trinajstić information content (AvgIpc) is 3.21. The zero-order valence-corrected chi connectivity index (χ0v) is 31.2. The van der Waals surface area contributed by atoms with Gasteiger partial charge < -0.3 is 45.0 Å². The maximum absolute atomic E-state index is 16.6. The van der Waals surface area contributed by atoms with Crippen molar-refractivity contribution >= 4 is 17.4 Å². The Morgan fingerprint density at radius 1 is 1.05 bits per heavy atom. The van der Waals surface area contributed by atoms with Gasteiger partial charge in [0.25, 0.3) is 5.91 Å². The molecule has 4 aromatic rings. The second kappa shape index (κ2) is 16.4. The Morgan fingerprint density at radius 2 is 1.86 bits per heavy atom. The number of ether oxygens (including phenoxy) is 5. The topological polar surface area (TPSA) is 186 Å². The molecule has 1 atom stereocenters. The molecule has 0 unspecified atom stereocenters. The highest BCUT2D eigenvalue weighted by Gasteiger charge is 2.35. The Bertz CT molecular complexity index is 2320. The highest BCUT2D eigenvalue weighted by atomic mass is 19.1. The van der Waals surface area contributed by atoms with Crippen LogP contribution in [0.3, 0.4) is 0 Å². The lowest BCUT2D eigenvalue weighted by molar-refractivity contribution is -0.101. The number of hydrogen-bond acceptors (Lipinski definition) is 11. The number of nitrogens with two attached hydrogens (primary N) is 2. The van der Waals surface area contributed by atoms with E-state index in [2.05, 4.69) is 16.4 Å². The molecular formula is C42H43FN6O7. The van der Waals surface area contributed by atoms with Crippen LogP contribution in [-0.2, 0) is 20.8 Å². The van der Waals surface area contributed by atoms with E-state index in [0.717, 1.165) is 11.1 Å². The van der Waals surface area contributed by atoms with Crippen LogP contribution in [0.4, 0.5) is 10.2 Å². The molecule has 0 radical (unpaired) electrons. The first-order valence-corrected chi connectivity index (χ1v) is 18.3. The standard InChI is InChI=1S/C42H43FN6O7/c1-25-3-7-34(47-18-25)37-38(49(20-32(39(37)50)41(46)51)24-42(23-44)9-11-53-12-10-42)27-4-6-30(33(43)16-27)31-15-28(19-48-40(31)45)26-5-8-35(36(17-26)52-2)56-22-29-21-54-13-14-55-29/h3-8,15-17,19-20,29,47H,9-14,18,21-22,24H2,1-2H3,(H2,45,48)(H2,46,51)/t29-/m1/s1. The normalized spacial score (nSPS) is 17.9. The number of nitriles is 1. The van der Waals surface area contributed by atoms with Gasteiger partial charge in [0.1, 0.15) is 29.9 Å². The average molecular weight is 763 g/mol. The number of carbonyl (C=O) groups excluding carboxylic acids is 1. The second-order valence-corrected chi connectivity index (χ2v) is 14.1. The smallest absolute Gasteiger partial charge is 0.254 e. The van der Waals surface area contributed by atoms with Crippen LogP contribution in [-0.4, -0.2) is 74.9 Å². The molecular weight excluding hydrogens is 719 g/mol. The van der Waals surface area contributed by atoms with Gasteiger partial charge in [0.2, 0.25) is 5.43 Å². The molecule has 2 fully saturated rings. The SMILES string of the molecule is COc1cc(-c2cnc(N)c(-c3ccc(-c4c(C5=CC=C(C)CN5)c(=O)c(C(N)=O)cn4CC4(C#N)CCOCC4)cc3F)c2)ccc1OC[C@H]1COCCO1. The van der Waals surface area contributed by atoms with Gasteiger partial charge in [-0.2, -0.15) is 5.26 Å². The van der Waals surface area contributed by atoms with Crippen LogP contribution in [0.2, 0.25) is 0 Å². The van der Waals surface area contributed by atoms with Gasteiger partial charge in [0.05, 0.1) is 49.7 Å². The Balaban J connectivity index is 1.29. The van der Waals surface area contributed by atoms with Gasteiger partial charge in [0, 0.05) is 66.6 Å². The predicted molar refractivity (Wildman–Crippen MR) is 208 cm³/mol. The number of rotatable bonds is 11. The van der Waals surface area contributed by atoms with Crippen molar-refractivity contribution in [1.29, 1.82) is 5.26 Å². The molecule has 1 amide bonds. The van der Waals surface area contributed by atoms with E-state index in [0.29, 0.717) is 98.6 Å². The lowest BCUT2D eigenvalue weighted by Crippen LogP contribution is -2.36. The Kier molecular flexibility index (Phi) is 11.2. The summed E-state index contributed by atoms with van der Waals surface area (Å²) in [5, 5.41) is 13.7. The number of methoxy groups -OCH3 is 1. The Morgan fingerprint density at radius 3 is 2.54 bits per heavy atom. The molecule has 2 saturated heterocycles. The number of hydrogen-bond donors (Lipinski definition) is 3. The third-order valence-electron chi connectivity index (χ3n) is 10.3. The molecule has 2 aromatic heterocycles. The van der Waals surface area contributed by atoms with Gasteiger partial charge in [0.15, 0.2) is 11.5 Å². The van der Waals surface area contributed by atoms with Crippen molar-refractivity contribution in [2.24, 2.45) is 11.1 Å². The van der Waals surface area contributed by atoms with Crippen molar-refractivity contribution in [3.63, 3.8) is 0 Å². The summed E-state index contributed by atoms with van der Waals surface area (Å²) in [5.74, 6) is -0.412. The molecule has 13 nitrogen and oxygen atoms in total. The molecule has 56 heavy (non-hydrogen) atoms. The zero-order chi connectivity index (χ0) is 39.4. The maximum atomic E-state index is 16.6. The summed E-state index contributed by atoms with van der Waals surface area (Å²) in [6, 6.07) is 14.2. The first-order valence-electron chi connectivity index (χ1n) is 18.3. The second-order valence-electron chi connectivity index (χ2n) is 14.1. The van der Waals surface area contributed by atoms with Crippen LogP contribution in [0, 0.1) is 22.6 Å². The molecule has 0 spiro atoms. The minimum absolute atomic E-state index is 0.107. The van der Waals surface area contributed by atoms with Crippen LogP contribution >= 0.6 is 0 Å². The number of nitrogens with one attached hydrogen (secondary N) is 1. The van der Waals surface area contributed by atoms with E-state index in [9.17, 15) is 14.9 Å². The van der Waals surface area contributed by atoms with Crippen LogP contribution in [0.25, 0.3) is 39.2 Å². The molecule has 7 rings (SSSR count). The van der Waals surface area contributed by atoms with Gasteiger partial charge in [-0.05, 0) is 55.7 Å².